The van der Waals surface area contributed by atoms with Gasteiger partial charge < -0.3 is 25.8 Å². The number of amides is 3. The van der Waals surface area contributed by atoms with Crippen molar-refractivity contribution in [3.8, 4) is 5.69 Å². The van der Waals surface area contributed by atoms with E-state index in [0.717, 1.165) is 19.4 Å². The number of anilines is 1. The molecule has 7 nitrogen and oxygen atoms in total. The van der Waals surface area contributed by atoms with Crippen LogP contribution in [-0.2, 0) is 0 Å². The zero-order valence-corrected chi connectivity index (χ0v) is 14.5. The van der Waals surface area contributed by atoms with Crippen LogP contribution >= 0.6 is 0 Å². The summed E-state index contributed by atoms with van der Waals surface area (Å²) in [6.45, 7) is 1.67. The first-order valence-electron chi connectivity index (χ1n) is 8.55. The molecule has 1 aliphatic rings. The van der Waals surface area contributed by atoms with Gasteiger partial charge in [-0.15, -0.1) is 0 Å². The molecule has 1 aromatic heterocycles. The summed E-state index contributed by atoms with van der Waals surface area (Å²) < 4.78 is 15.1. The highest BCUT2D eigenvalue weighted by atomic mass is 19.1. The summed E-state index contributed by atoms with van der Waals surface area (Å²) in [5.41, 5.74) is 1.24. The maximum atomic E-state index is 13.5. The fourth-order valence-corrected chi connectivity index (χ4v) is 2.94. The van der Waals surface area contributed by atoms with Gasteiger partial charge in [-0.05, 0) is 37.6 Å². The van der Waals surface area contributed by atoms with Gasteiger partial charge in [-0.25, -0.2) is 9.18 Å². The fourth-order valence-electron chi connectivity index (χ4n) is 2.94. The molecular weight excluding hydrogens is 337 g/mol. The molecule has 0 radical (unpaired) electrons. The van der Waals surface area contributed by atoms with Crippen molar-refractivity contribution >= 4 is 17.6 Å². The van der Waals surface area contributed by atoms with Crippen molar-refractivity contribution in [3.63, 3.8) is 0 Å². The molecule has 2 aromatic rings. The van der Waals surface area contributed by atoms with E-state index in [4.69, 9.17) is 0 Å². The maximum absolute atomic E-state index is 13.5. The fraction of sp³-hybridized carbons (Fsp3) is 0.333. The predicted octanol–water partition coefficient (Wildman–Crippen LogP) is 1.85. The van der Waals surface area contributed by atoms with Gasteiger partial charge in [-0.1, -0.05) is 6.07 Å². The minimum atomic E-state index is -0.435. The molecule has 1 fully saturated rings. The Morgan fingerprint density at radius 1 is 1.31 bits per heavy atom. The minimum absolute atomic E-state index is 0.0432. The molecule has 138 valence electrons. The second kappa shape index (κ2) is 8.01. The van der Waals surface area contributed by atoms with Crippen LogP contribution < -0.4 is 21.3 Å². The number of halogens is 1. The molecule has 0 aliphatic carbocycles. The number of nitrogens with one attached hydrogen (secondary N) is 4. The largest absolute Gasteiger partial charge is 0.348 e. The molecule has 1 aromatic carbocycles. The monoisotopic (exact) mass is 359 g/mol. The first-order chi connectivity index (χ1) is 12.6. The summed E-state index contributed by atoms with van der Waals surface area (Å²) >= 11 is 0. The third-order valence-electron chi connectivity index (χ3n) is 4.28. The van der Waals surface area contributed by atoms with Crippen molar-refractivity contribution < 1.29 is 14.0 Å². The second-order valence-electron chi connectivity index (χ2n) is 6.19. The maximum Gasteiger partial charge on any atom is 0.319 e. The number of hydrogen-bond donors (Lipinski definition) is 4. The highest BCUT2D eigenvalue weighted by molar-refractivity contribution is 6.03. The summed E-state index contributed by atoms with van der Waals surface area (Å²) in [6, 6.07) is 5.62. The summed E-state index contributed by atoms with van der Waals surface area (Å²) in [4.78, 5) is 24.4. The van der Waals surface area contributed by atoms with Crippen LogP contribution in [0.1, 0.15) is 23.2 Å². The van der Waals surface area contributed by atoms with E-state index in [1.807, 2.05) is 0 Å². The highest BCUT2D eigenvalue weighted by Crippen LogP contribution is 2.22. The standard InChI is InChI=1S/C18H22FN5O2/c1-20-18(26)23-16-11-24(14-6-2-4-12(19)8-14)10-15(16)17(25)22-13-5-3-7-21-9-13/h2,4,6,8,10-11,13,21H,3,5,7,9H2,1H3,(H,22,25)(H2,20,23,26)/t13-/m0/s1. The summed E-state index contributed by atoms with van der Waals surface area (Å²) in [5.74, 6) is -0.656. The lowest BCUT2D eigenvalue weighted by molar-refractivity contribution is 0.0931. The normalized spacial score (nSPS) is 16.8. The molecule has 1 saturated heterocycles. The molecule has 4 N–H and O–H groups in total. The van der Waals surface area contributed by atoms with E-state index in [1.54, 1.807) is 29.1 Å². The molecule has 26 heavy (non-hydrogen) atoms. The van der Waals surface area contributed by atoms with Crippen LogP contribution in [0.15, 0.2) is 36.7 Å². The number of hydrogen-bond acceptors (Lipinski definition) is 3. The molecule has 0 unspecified atom stereocenters. The van der Waals surface area contributed by atoms with Crippen LogP contribution in [0.4, 0.5) is 14.9 Å². The lowest BCUT2D eigenvalue weighted by Gasteiger charge is -2.23. The molecule has 1 atom stereocenters. The van der Waals surface area contributed by atoms with Gasteiger partial charge in [0.2, 0.25) is 0 Å². The molecule has 3 rings (SSSR count). The number of carbonyl (C=O) groups excluding carboxylic acids is 2. The number of urea groups is 1. The van der Waals surface area contributed by atoms with Crippen molar-refractivity contribution in [1.29, 1.82) is 0 Å². The molecule has 0 bridgehead atoms. The van der Waals surface area contributed by atoms with Gasteiger partial charge in [0.25, 0.3) is 5.91 Å². The van der Waals surface area contributed by atoms with Crippen LogP contribution in [0, 0.1) is 5.82 Å². The van der Waals surface area contributed by atoms with E-state index in [0.29, 0.717) is 23.5 Å². The smallest absolute Gasteiger partial charge is 0.319 e. The van der Waals surface area contributed by atoms with Crippen LogP contribution in [0.2, 0.25) is 0 Å². The van der Waals surface area contributed by atoms with E-state index in [2.05, 4.69) is 21.3 Å². The lowest BCUT2D eigenvalue weighted by Crippen LogP contribution is -2.45. The molecule has 8 heteroatoms. The van der Waals surface area contributed by atoms with Gasteiger partial charge >= 0.3 is 6.03 Å². The Kier molecular flexibility index (Phi) is 5.52. The predicted molar refractivity (Wildman–Crippen MR) is 97.2 cm³/mol. The van der Waals surface area contributed by atoms with Crippen molar-refractivity contribution in [3.05, 3.63) is 48.0 Å². The lowest BCUT2D eigenvalue weighted by atomic mass is 10.1. The van der Waals surface area contributed by atoms with Crippen molar-refractivity contribution in [2.75, 3.05) is 25.5 Å². The van der Waals surface area contributed by atoms with Crippen LogP contribution in [0.5, 0.6) is 0 Å². The zero-order valence-electron chi connectivity index (χ0n) is 14.5. The van der Waals surface area contributed by atoms with Crippen LogP contribution in [-0.4, -0.2) is 42.7 Å². The third-order valence-corrected chi connectivity index (χ3v) is 4.28. The topological polar surface area (TPSA) is 87.2 Å². The molecule has 2 heterocycles. The van der Waals surface area contributed by atoms with Crippen LogP contribution in [0.3, 0.4) is 0 Å². The van der Waals surface area contributed by atoms with E-state index in [-0.39, 0.29) is 17.8 Å². The highest BCUT2D eigenvalue weighted by Gasteiger charge is 2.21. The van der Waals surface area contributed by atoms with Crippen molar-refractivity contribution in [1.82, 2.24) is 20.5 Å². The Labute approximate surface area is 151 Å². The number of rotatable bonds is 4. The second-order valence-corrected chi connectivity index (χ2v) is 6.19. The summed E-state index contributed by atoms with van der Waals surface area (Å²) in [5, 5.41) is 11.3. The number of piperidine rings is 1. The van der Waals surface area contributed by atoms with Gasteiger partial charge in [0, 0.05) is 37.7 Å². The molecule has 1 aliphatic heterocycles. The first kappa shape index (κ1) is 17.9. The molecule has 0 saturated carbocycles. The van der Waals surface area contributed by atoms with Gasteiger partial charge in [0.05, 0.1) is 11.3 Å². The Balaban J connectivity index is 1.88. The Hall–Kier alpha value is -2.87. The van der Waals surface area contributed by atoms with E-state index >= 15 is 0 Å². The van der Waals surface area contributed by atoms with Crippen LogP contribution in [0.25, 0.3) is 5.69 Å². The zero-order chi connectivity index (χ0) is 18.5. The average molecular weight is 359 g/mol. The molecular formula is C18H22FN5O2. The average Bonchev–Trinajstić information content (AvgIpc) is 3.06. The molecule has 0 spiro atoms. The van der Waals surface area contributed by atoms with Gasteiger partial charge in [-0.2, -0.15) is 0 Å². The Morgan fingerprint density at radius 3 is 2.85 bits per heavy atom. The summed E-state index contributed by atoms with van der Waals surface area (Å²) in [6.07, 6.45) is 5.09. The van der Waals surface area contributed by atoms with Crippen molar-refractivity contribution in [2.45, 2.75) is 18.9 Å². The Morgan fingerprint density at radius 2 is 2.15 bits per heavy atom. The van der Waals surface area contributed by atoms with E-state index < -0.39 is 6.03 Å². The third kappa shape index (κ3) is 4.20. The summed E-state index contributed by atoms with van der Waals surface area (Å²) in [7, 11) is 1.49. The van der Waals surface area contributed by atoms with Gasteiger partial charge in [-0.3, -0.25) is 4.79 Å². The SMILES string of the molecule is CNC(=O)Nc1cn(-c2cccc(F)c2)cc1C(=O)N[C@H]1CCCNC1. The Bertz CT molecular complexity index is 799. The van der Waals surface area contributed by atoms with Gasteiger partial charge in [0.15, 0.2) is 0 Å². The molecule has 3 amide bonds. The van der Waals surface area contributed by atoms with E-state index in [1.165, 1.54) is 19.2 Å². The van der Waals surface area contributed by atoms with Gasteiger partial charge in [0.1, 0.15) is 5.82 Å². The first-order valence-corrected chi connectivity index (χ1v) is 8.55. The number of benzene rings is 1. The number of nitrogens with zero attached hydrogens (tertiary/aromatic N) is 1. The van der Waals surface area contributed by atoms with Crippen molar-refractivity contribution in [2.24, 2.45) is 0 Å². The number of carbonyl (C=O) groups is 2. The van der Waals surface area contributed by atoms with E-state index in [9.17, 15) is 14.0 Å². The number of aromatic nitrogens is 1. The quantitative estimate of drug-likeness (QED) is 0.672. The minimum Gasteiger partial charge on any atom is -0.348 e.